The van der Waals surface area contributed by atoms with E-state index in [2.05, 4.69) is 4.40 Å². The molecule has 3 rings (SSSR count). The number of benzene rings is 1. The van der Waals surface area contributed by atoms with Crippen LogP contribution in [0.2, 0.25) is 0 Å². The summed E-state index contributed by atoms with van der Waals surface area (Å²) in [4.78, 5) is 11.9. The molecule has 0 aliphatic heterocycles. The highest BCUT2D eigenvalue weighted by Gasteiger charge is 2.18. The van der Waals surface area contributed by atoms with Crippen LogP contribution in [0.5, 0.6) is 0 Å². The number of sulfonamides is 2. The highest BCUT2D eigenvalue weighted by atomic mass is 32.2. The lowest BCUT2D eigenvalue weighted by Gasteiger charge is -2.05. The molecule has 1 aromatic carbocycles. The van der Waals surface area contributed by atoms with Crippen LogP contribution < -0.4 is 9.94 Å². The van der Waals surface area contributed by atoms with E-state index < -0.39 is 26.0 Å². The Bertz CT molecular complexity index is 1300. The summed E-state index contributed by atoms with van der Waals surface area (Å²) in [5.74, 6) is -0.576. The molecule has 0 radical (unpaired) electrons. The quantitative estimate of drug-likeness (QED) is 0.549. The molecule has 3 aromatic rings. The number of thiophene rings is 1. The summed E-state index contributed by atoms with van der Waals surface area (Å²) in [6, 6.07) is 7.05. The number of esters is 1. The second-order valence-electron chi connectivity index (χ2n) is 5.45. The van der Waals surface area contributed by atoms with Gasteiger partial charge < -0.3 is 9.30 Å². The molecule has 2 aromatic heterocycles. The van der Waals surface area contributed by atoms with Crippen molar-refractivity contribution in [1.82, 2.24) is 4.57 Å². The molecular weight excluding hydrogens is 446 g/mol. The Morgan fingerprint density at radius 2 is 2.00 bits per heavy atom. The van der Waals surface area contributed by atoms with E-state index in [1.807, 2.05) is 0 Å². The maximum Gasteiger partial charge on any atom is 0.326 e. The molecule has 0 unspecified atom stereocenters. The van der Waals surface area contributed by atoms with Crippen LogP contribution in [0.15, 0.2) is 49.2 Å². The van der Waals surface area contributed by atoms with E-state index in [1.54, 1.807) is 18.4 Å². The van der Waals surface area contributed by atoms with E-state index in [0.29, 0.717) is 10.2 Å². The first-order valence-electron chi connectivity index (χ1n) is 7.78. The fourth-order valence-electron chi connectivity index (χ4n) is 2.35. The molecule has 2 heterocycles. The molecule has 13 heteroatoms. The molecule has 0 spiro atoms. The van der Waals surface area contributed by atoms with Crippen molar-refractivity contribution >= 4 is 58.9 Å². The van der Waals surface area contributed by atoms with Crippen LogP contribution in [0.1, 0.15) is 6.92 Å². The third-order valence-corrected chi connectivity index (χ3v) is 8.23. The Morgan fingerprint density at radius 1 is 1.25 bits per heavy atom. The predicted molar refractivity (Wildman–Crippen MR) is 105 cm³/mol. The summed E-state index contributed by atoms with van der Waals surface area (Å²) in [5.41, 5.74) is 0.436. The molecule has 0 atom stereocenters. The van der Waals surface area contributed by atoms with Gasteiger partial charge >= 0.3 is 5.97 Å². The van der Waals surface area contributed by atoms with Crippen molar-refractivity contribution in [3.8, 4) is 0 Å². The van der Waals surface area contributed by atoms with Crippen LogP contribution >= 0.6 is 22.7 Å². The van der Waals surface area contributed by atoms with Crippen molar-refractivity contribution in [3.05, 3.63) is 40.5 Å². The van der Waals surface area contributed by atoms with Crippen molar-refractivity contribution in [3.63, 3.8) is 0 Å². The zero-order valence-electron chi connectivity index (χ0n) is 14.4. The molecule has 0 bridgehead atoms. The minimum atomic E-state index is -3.99. The lowest BCUT2D eigenvalue weighted by Crippen LogP contribution is -2.23. The standard InChI is InChI=1S/C15H15N3O6S4/c1-2-24-13(19)9-18-11-6-5-10(27(16,20)21)8-12(11)26-15(18)17-28(22,23)14-4-3-7-25-14/h3-8H,2,9H2,1H3,(H2,16,20,21). The third-order valence-electron chi connectivity index (χ3n) is 3.52. The Hall–Kier alpha value is -2.06. The molecule has 9 nitrogen and oxygen atoms in total. The Labute approximate surface area is 168 Å². The van der Waals surface area contributed by atoms with E-state index in [-0.39, 0.29) is 27.1 Å². The van der Waals surface area contributed by atoms with Gasteiger partial charge in [-0.15, -0.1) is 15.7 Å². The molecular formula is C15H15N3O6S4. The number of hydrogen-bond acceptors (Lipinski definition) is 8. The van der Waals surface area contributed by atoms with Crippen molar-refractivity contribution in [1.29, 1.82) is 0 Å². The molecule has 0 saturated carbocycles. The van der Waals surface area contributed by atoms with Crippen molar-refractivity contribution in [2.75, 3.05) is 6.61 Å². The number of nitrogens with zero attached hydrogens (tertiary/aromatic N) is 2. The maximum absolute atomic E-state index is 12.5. The maximum atomic E-state index is 12.5. The van der Waals surface area contributed by atoms with Crippen LogP contribution in [-0.4, -0.2) is 34.0 Å². The van der Waals surface area contributed by atoms with Gasteiger partial charge in [-0.05, 0) is 36.6 Å². The fraction of sp³-hybridized carbons (Fsp3) is 0.200. The number of carbonyl (C=O) groups excluding carboxylic acids is 1. The van der Waals surface area contributed by atoms with Gasteiger partial charge in [0.25, 0.3) is 10.0 Å². The van der Waals surface area contributed by atoms with Gasteiger partial charge in [-0.2, -0.15) is 8.42 Å². The van der Waals surface area contributed by atoms with Crippen LogP contribution in [-0.2, 0) is 36.1 Å². The molecule has 2 N–H and O–H groups in total. The number of ether oxygens (including phenoxy) is 1. The number of rotatable bonds is 6. The Morgan fingerprint density at radius 3 is 2.61 bits per heavy atom. The van der Waals surface area contributed by atoms with Crippen molar-refractivity contribution in [2.45, 2.75) is 22.6 Å². The van der Waals surface area contributed by atoms with Gasteiger partial charge in [-0.25, -0.2) is 13.6 Å². The molecule has 150 valence electrons. The summed E-state index contributed by atoms with van der Waals surface area (Å²) in [7, 11) is -7.93. The topological polar surface area (TPSA) is 138 Å². The first-order valence-corrected chi connectivity index (χ1v) is 12.5. The van der Waals surface area contributed by atoms with E-state index in [0.717, 1.165) is 22.7 Å². The fourth-order valence-corrected chi connectivity index (χ4v) is 6.20. The summed E-state index contributed by atoms with van der Waals surface area (Å²) in [6.45, 7) is 1.54. The van der Waals surface area contributed by atoms with Gasteiger partial charge in [-0.3, -0.25) is 4.79 Å². The first-order chi connectivity index (χ1) is 13.1. The zero-order chi connectivity index (χ0) is 20.5. The molecule has 28 heavy (non-hydrogen) atoms. The number of nitrogens with two attached hydrogens (primary N) is 1. The van der Waals surface area contributed by atoms with Gasteiger partial charge in [0.2, 0.25) is 14.8 Å². The van der Waals surface area contributed by atoms with E-state index in [9.17, 15) is 21.6 Å². The number of fused-ring (bicyclic) bond motifs is 1. The lowest BCUT2D eigenvalue weighted by molar-refractivity contribution is -0.143. The second kappa shape index (κ2) is 7.75. The second-order valence-corrected chi connectivity index (χ2v) is 10.8. The number of thiazole rings is 1. The Balaban J connectivity index is 2.25. The molecule has 0 aliphatic rings. The molecule has 0 amide bonds. The number of aromatic nitrogens is 1. The summed E-state index contributed by atoms with van der Waals surface area (Å²) in [5, 5.41) is 6.77. The minimum Gasteiger partial charge on any atom is -0.465 e. The number of primary sulfonamides is 1. The van der Waals surface area contributed by atoms with E-state index >= 15 is 0 Å². The summed E-state index contributed by atoms with van der Waals surface area (Å²) < 4.78 is 58.9. The van der Waals surface area contributed by atoms with Gasteiger partial charge in [0, 0.05) is 0 Å². The summed E-state index contributed by atoms with van der Waals surface area (Å²) in [6.07, 6.45) is 0. The SMILES string of the molecule is CCOC(=O)Cn1c(=NS(=O)(=O)c2cccs2)sc2cc(S(N)(=O)=O)ccc21. The van der Waals surface area contributed by atoms with Crippen molar-refractivity contribution in [2.24, 2.45) is 9.54 Å². The largest absolute Gasteiger partial charge is 0.465 e. The molecule has 0 fully saturated rings. The average Bonchev–Trinajstić information content (AvgIpc) is 3.23. The van der Waals surface area contributed by atoms with Crippen LogP contribution in [0.3, 0.4) is 0 Å². The number of carbonyl (C=O) groups is 1. The highest BCUT2D eigenvalue weighted by Crippen LogP contribution is 2.23. The third kappa shape index (κ3) is 4.33. The summed E-state index contributed by atoms with van der Waals surface area (Å²) >= 11 is 1.95. The van der Waals surface area contributed by atoms with Crippen LogP contribution in [0.4, 0.5) is 0 Å². The van der Waals surface area contributed by atoms with Crippen LogP contribution in [0, 0.1) is 0 Å². The van der Waals surface area contributed by atoms with E-state index in [1.165, 1.54) is 28.8 Å². The van der Waals surface area contributed by atoms with E-state index in [4.69, 9.17) is 9.88 Å². The normalized spacial score (nSPS) is 13.1. The Kier molecular flexibility index (Phi) is 5.72. The average molecular weight is 462 g/mol. The van der Waals surface area contributed by atoms with Gasteiger partial charge in [0.1, 0.15) is 10.8 Å². The molecule has 0 aliphatic carbocycles. The minimum absolute atomic E-state index is 0.0167. The molecule has 0 saturated heterocycles. The first kappa shape index (κ1) is 20.7. The predicted octanol–water partition coefficient (Wildman–Crippen LogP) is 1.26. The number of hydrogen-bond donors (Lipinski definition) is 1. The lowest BCUT2D eigenvalue weighted by atomic mass is 10.3. The highest BCUT2D eigenvalue weighted by molar-refractivity contribution is 7.92. The van der Waals surface area contributed by atoms with Gasteiger partial charge in [0.05, 0.1) is 21.7 Å². The smallest absolute Gasteiger partial charge is 0.326 e. The monoisotopic (exact) mass is 461 g/mol. The van der Waals surface area contributed by atoms with Gasteiger partial charge in [-0.1, -0.05) is 17.4 Å². The van der Waals surface area contributed by atoms with Crippen molar-refractivity contribution < 1.29 is 26.4 Å². The van der Waals surface area contributed by atoms with Crippen LogP contribution in [0.25, 0.3) is 10.2 Å². The van der Waals surface area contributed by atoms with Gasteiger partial charge in [0.15, 0.2) is 0 Å². The zero-order valence-corrected chi connectivity index (χ0v) is 17.7.